The normalized spacial score (nSPS) is 12.4. The highest BCUT2D eigenvalue weighted by molar-refractivity contribution is 5.76. The lowest BCUT2D eigenvalue weighted by atomic mass is 10.0. The number of hydrogen-bond donors (Lipinski definition) is 3. The van der Waals surface area contributed by atoms with Gasteiger partial charge in [-0.05, 0) is 25.7 Å². The summed E-state index contributed by atoms with van der Waals surface area (Å²) < 4.78 is 5.51. The van der Waals surface area contributed by atoms with Crippen molar-refractivity contribution in [1.82, 2.24) is 5.32 Å². The molecular formula is C71H141NO5. The molecule has 0 saturated heterocycles. The average Bonchev–Trinajstić information content (AvgIpc) is 3.43. The van der Waals surface area contributed by atoms with Gasteiger partial charge in [0, 0.05) is 12.8 Å². The van der Waals surface area contributed by atoms with Crippen LogP contribution in [0.3, 0.4) is 0 Å². The molecule has 0 radical (unpaired) electrons. The molecule has 0 rings (SSSR count). The van der Waals surface area contributed by atoms with Gasteiger partial charge in [-0.1, -0.05) is 380 Å². The molecule has 2 atom stereocenters. The number of aliphatic hydroxyl groups is 2. The number of carbonyl (C=O) groups is 2. The maximum atomic E-state index is 12.5. The van der Waals surface area contributed by atoms with Crippen molar-refractivity contribution in [2.24, 2.45) is 0 Å². The predicted octanol–water partition coefficient (Wildman–Crippen LogP) is 23.0. The van der Waals surface area contributed by atoms with Crippen molar-refractivity contribution in [2.45, 2.75) is 431 Å². The summed E-state index contributed by atoms with van der Waals surface area (Å²) >= 11 is 0. The summed E-state index contributed by atoms with van der Waals surface area (Å²) in [7, 11) is 0. The van der Waals surface area contributed by atoms with Gasteiger partial charge in [0.1, 0.15) is 0 Å². The molecular weight excluding hydrogens is 947 g/mol. The molecule has 3 N–H and O–H groups in total. The lowest BCUT2D eigenvalue weighted by Gasteiger charge is -2.22. The number of ether oxygens (including phenoxy) is 1. The number of rotatable bonds is 68. The fraction of sp³-hybridized carbons (Fsp3) is 0.972. The SMILES string of the molecule is CCCCCCCCCCCCCCCCCCCCCCCC(O)C(CO)NC(=O)CCCCCCCCCCCCCCCCCCCCCCCCOC(=O)CCCCCCCCCCCCCCCCCCC. The third kappa shape index (κ3) is 63.9. The van der Waals surface area contributed by atoms with Gasteiger partial charge in [-0.15, -0.1) is 0 Å². The number of aliphatic hydroxyl groups excluding tert-OH is 2. The van der Waals surface area contributed by atoms with Crippen molar-refractivity contribution < 1.29 is 24.5 Å². The van der Waals surface area contributed by atoms with Crippen LogP contribution in [0.2, 0.25) is 0 Å². The standard InChI is InChI=1S/C71H141NO5/c1-3-5-7-9-11-13-15-17-19-21-22-25-28-32-35-39-43-47-51-55-59-63-69(74)68(67-73)72-70(75)64-60-56-52-48-44-40-36-33-29-26-23-24-27-30-34-38-42-46-50-54-58-62-66-77-71(76)65-61-57-53-49-45-41-37-31-20-18-16-14-12-10-8-6-4-2/h68-69,73-74H,3-67H2,1-2H3,(H,72,75). The molecule has 0 aromatic heterocycles. The maximum Gasteiger partial charge on any atom is 0.305 e. The van der Waals surface area contributed by atoms with Crippen LogP contribution in [0.5, 0.6) is 0 Å². The Morgan fingerprint density at radius 1 is 0.312 bits per heavy atom. The summed E-state index contributed by atoms with van der Waals surface area (Å²) in [6.07, 6.45) is 81.5. The van der Waals surface area contributed by atoms with Crippen molar-refractivity contribution in [3.63, 3.8) is 0 Å². The molecule has 0 aliphatic rings. The van der Waals surface area contributed by atoms with Crippen molar-refractivity contribution in [2.75, 3.05) is 13.2 Å². The molecule has 6 heteroatoms. The average molecular weight is 1090 g/mol. The predicted molar refractivity (Wildman–Crippen MR) is 338 cm³/mol. The van der Waals surface area contributed by atoms with Crippen LogP contribution in [-0.2, 0) is 14.3 Å². The molecule has 0 heterocycles. The number of hydrogen-bond acceptors (Lipinski definition) is 5. The minimum atomic E-state index is -0.664. The summed E-state index contributed by atoms with van der Waals surface area (Å²) in [6.45, 7) is 5.01. The van der Waals surface area contributed by atoms with Crippen LogP contribution >= 0.6 is 0 Å². The first-order valence-electron chi connectivity index (χ1n) is 35.8. The topological polar surface area (TPSA) is 95.9 Å². The molecule has 6 nitrogen and oxygen atoms in total. The molecule has 77 heavy (non-hydrogen) atoms. The number of nitrogens with one attached hydrogen (secondary N) is 1. The maximum absolute atomic E-state index is 12.5. The van der Waals surface area contributed by atoms with Crippen molar-refractivity contribution in [3.8, 4) is 0 Å². The van der Waals surface area contributed by atoms with Crippen LogP contribution in [0, 0.1) is 0 Å². The first-order chi connectivity index (χ1) is 38.0. The third-order valence-electron chi connectivity index (χ3n) is 17.2. The molecule has 0 fully saturated rings. The van der Waals surface area contributed by atoms with E-state index in [-0.39, 0.29) is 18.5 Å². The molecule has 460 valence electrons. The Labute approximate surface area is 483 Å². The Bertz CT molecular complexity index is 1120. The van der Waals surface area contributed by atoms with Crippen LogP contribution in [0.1, 0.15) is 418 Å². The van der Waals surface area contributed by atoms with Crippen LogP contribution < -0.4 is 5.32 Å². The van der Waals surface area contributed by atoms with Gasteiger partial charge in [0.15, 0.2) is 0 Å². The fourth-order valence-corrected chi connectivity index (χ4v) is 11.7. The van der Waals surface area contributed by atoms with E-state index >= 15 is 0 Å². The number of amides is 1. The van der Waals surface area contributed by atoms with E-state index in [9.17, 15) is 19.8 Å². The third-order valence-corrected chi connectivity index (χ3v) is 17.2. The Morgan fingerprint density at radius 2 is 0.532 bits per heavy atom. The monoisotopic (exact) mass is 1090 g/mol. The first kappa shape index (κ1) is 75.9. The first-order valence-corrected chi connectivity index (χ1v) is 35.8. The van der Waals surface area contributed by atoms with E-state index in [1.165, 1.54) is 347 Å². The van der Waals surface area contributed by atoms with E-state index in [4.69, 9.17) is 4.74 Å². The van der Waals surface area contributed by atoms with Crippen molar-refractivity contribution in [3.05, 3.63) is 0 Å². The molecule has 0 aliphatic heterocycles. The van der Waals surface area contributed by atoms with Gasteiger partial charge >= 0.3 is 5.97 Å². The highest BCUT2D eigenvalue weighted by atomic mass is 16.5. The Balaban J connectivity index is 3.36. The van der Waals surface area contributed by atoms with Crippen molar-refractivity contribution >= 4 is 11.9 Å². The zero-order valence-corrected chi connectivity index (χ0v) is 52.7. The number of esters is 1. The molecule has 0 aliphatic carbocycles. The van der Waals surface area contributed by atoms with Gasteiger partial charge < -0.3 is 20.3 Å². The Hall–Kier alpha value is -1.14. The van der Waals surface area contributed by atoms with Crippen molar-refractivity contribution in [1.29, 1.82) is 0 Å². The Morgan fingerprint density at radius 3 is 0.792 bits per heavy atom. The van der Waals surface area contributed by atoms with Gasteiger partial charge in [-0.2, -0.15) is 0 Å². The zero-order valence-electron chi connectivity index (χ0n) is 52.7. The molecule has 0 bridgehead atoms. The second kappa shape index (κ2) is 67.4. The van der Waals surface area contributed by atoms with E-state index in [2.05, 4.69) is 19.2 Å². The molecule has 0 spiro atoms. The van der Waals surface area contributed by atoms with Crippen LogP contribution in [0.15, 0.2) is 0 Å². The lowest BCUT2D eigenvalue weighted by molar-refractivity contribution is -0.143. The van der Waals surface area contributed by atoms with Gasteiger partial charge in [0.05, 0.1) is 25.4 Å². The minimum absolute atomic E-state index is 0.0189. The molecule has 0 aromatic rings. The van der Waals surface area contributed by atoms with Crippen LogP contribution in [-0.4, -0.2) is 47.4 Å². The minimum Gasteiger partial charge on any atom is -0.466 e. The van der Waals surface area contributed by atoms with Gasteiger partial charge in [-0.3, -0.25) is 9.59 Å². The highest BCUT2D eigenvalue weighted by Gasteiger charge is 2.20. The van der Waals surface area contributed by atoms with E-state index < -0.39 is 12.1 Å². The molecule has 0 aromatic carbocycles. The molecule has 2 unspecified atom stereocenters. The van der Waals surface area contributed by atoms with E-state index in [1.807, 2.05) is 0 Å². The Kier molecular flexibility index (Phi) is 66.4. The quantitative estimate of drug-likeness (QED) is 0.0417. The fourth-order valence-electron chi connectivity index (χ4n) is 11.7. The van der Waals surface area contributed by atoms with E-state index in [1.54, 1.807) is 0 Å². The van der Waals surface area contributed by atoms with Gasteiger partial charge in [0.25, 0.3) is 0 Å². The second-order valence-corrected chi connectivity index (χ2v) is 24.9. The van der Waals surface area contributed by atoms with Gasteiger partial charge in [0.2, 0.25) is 5.91 Å². The smallest absolute Gasteiger partial charge is 0.305 e. The van der Waals surface area contributed by atoms with E-state index in [0.717, 1.165) is 38.5 Å². The lowest BCUT2D eigenvalue weighted by Crippen LogP contribution is -2.45. The summed E-state index contributed by atoms with van der Waals surface area (Å²) in [5.74, 6) is -0.0107. The zero-order chi connectivity index (χ0) is 55.7. The molecule has 1 amide bonds. The summed E-state index contributed by atoms with van der Waals surface area (Å²) in [5, 5.41) is 23.4. The number of carbonyl (C=O) groups excluding carboxylic acids is 2. The summed E-state index contributed by atoms with van der Waals surface area (Å²) in [6, 6.07) is -0.541. The molecule has 0 saturated carbocycles. The largest absolute Gasteiger partial charge is 0.466 e. The summed E-state index contributed by atoms with van der Waals surface area (Å²) in [4.78, 5) is 24.7. The summed E-state index contributed by atoms with van der Waals surface area (Å²) in [5.41, 5.74) is 0. The van der Waals surface area contributed by atoms with Crippen LogP contribution in [0.25, 0.3) is 0 Å². The van der Waals surface area contributed by atoms with E-state index in [0.29, 0.717) is 25.9 Å². The van der Waals surface area contributed by atoms with Crippen LogP contribution in [0.4, 0.5) is 0 Å². The number of unbranched alkanes of at least 4 members (excludes halogenated alkanes) is 57. The highest BCUT2D eigenvalue weighted by Crippen LogP contribution is 2.20. The van der Waals surface area contributed by atoms with Gasteiger partial charge in [-0.25, -0.2) is 0 Å². The second-order valence-electron chi connectivity index (χ2n) is 24.9.